The molecule has 8 nitrogen and oxygen atoms in total. The average molecular weight is 220 g/mol. The van der Waals surface area contributed by atoms with Crippen molar-refractivity contribution in [1.82, 2.24) is 0 Å². The van der Waals surface area contributed by atoms with Crippen LogP contribution in [0.15, 0.2) is 0 Å². The molecule has 0 spiro atoms. The van der Waals surface area contributed by atoms with Crippen LogP contribution in [-0.4, -0.2) is 40.4 Å². The fourth-order valence-corrected chi connectivity index (χ4v) is 0.530. The molecule has 0 rings (SSSR count). The standard InChI is InChI=1S/C7H8O8/c1-2-3(14-6(12)4(8)9)15-7(13)5(10)11/h3H,2H2,1H3,(H,8,9)(H,10,11). The molecule has 0 saturated heterocycles. The summed E-state index contributed by atoms with van der Waals surface area (Å²) in [7, 11) is 0. The lowest BCUT2D eigenvalue weighted by atomic mass is 10.4. The summed E-state index contributed by atoms with van der Waals surface area (Å²) in [6, 6.07) is 0. The summed E-state index contributed by atoms with van der Waals surface area (Å²) >= 11 is 0. The highest BCUT2D eigenvalue weighted by Crippen LogP contribution is 2.01. The number of esters is 2. The van der Waals surface area contributed by atoms with Crippen LogP contribution in [0.4, 0.5) is 0 Å². The van der Waals surface area contributed by atoms with Crippen molar-refractivity contribution < 1.29 is 38.9 Å². The van der Waals surface area contributed by atoms with Crippen LogP contribution in [0.25, 0.3) is 0 Å². The van der Waals surface area contributed by atoms with Crippen molar-refractivity contribution in [2.75, 3.05) is 0 Å². The van der Waals surface area contributed by atoms with Gasteiger partial charge in [-0.1, -0.05) is 6.92 Å². The van der Waals surface area contributed by atoms with E-state index in [9.17, 15) is 19.2 Å². The largest absolute Gasteiger partial charge is 0.473 e. The van der Waals surface area contributed by atoms with Gasteiger partial charge in [0.05, 0.1) is 0 Å². The number of ether oxygens (including phenoxy) is 2. The molecule has 0 bridgehead atoms. The molecule has 0 atom stereocenters. The number of carboxylic acids is 2. The van der Waals surface area contributed by atoms with Crippen LogP contribution in [0.5, 0.6) is 0 Å². The van der Waals surface area contributed by atoms with Gasteiger partial charge in [0.15, 0.2) is 0 Å². The Morgan fingerprint density at radius 1 is 1.00 bits per heavy atom. The smallest absolute Gasteiger partial charge is 0.420 e. The van der Waals surface area contributed by atoms with E-state index >= 15 is 0 Å². The quantitative estimate of drug-likeness (QED) is 0.351. The summed E-state index contributed by atoms with van der Waals surface area (Å²) in [5, 5.41) is 16.3. The molecule has 2 N–H and O–H groups in total. The highest BCUT2D eigenvalue weighted by atomic mass is 16.7. The van der Waals surface area contributed by atoms with Crippen LogP contribution in [0.2, 0.25) is 0 Å². The maximum absolute atomic E-state index is 10.5. The molecule has 0 aromatic heterocycles. The topological polar surface area (TPSA) is 127 Å². The molecule has 0 unspecified atom stereocenters. The SMILES string of the molecule is CCC(OC(=O)C(=O)O)OC(=O)C(=O)O. The lowest BCUT2D eigenvalue weighted by Crippen LogP contribution is -2.30. The Morgan fingerprint density at radius 2 is 1.33 bits per heavy atom. The van der Waals surface area contributed by atoms with E-state index in [1.165, 1.54) is 6.92 Å². The van der Waals surface area contributed by atoms with Crippen LogP contribution < -0.4 is 0 Å². The summed E-state index contributed by atoms with van der Waals surface area (Å²) in [6.07, 6.45) is -1.57. The third-order valence-corrected chi connectivity index (χ3v) is 1.16. The Kier molecular flexibility index (Phi) is 4.79. The monoisotopic (exact) mass is 220 g/mol. The summed E-state index contributed by atoms with van der Waals surface area (Å²) in [5.74, 6) is -6.97. The molecule has 0 aliphatic heterocycles. The lowest BCUT2D eigenvalue weighted by molar-refractivity contribution is -0.197. The zero-order chi connectivity index (χ0) is 12.0. The van der Waals surface area contributed by atoms with Crippen molar-refractivity contribution in [1.29, 1.82) is 0 Å². The van der Waals surface area contributed by atoms with E-state index in [-0.39, 0.29) is 6.42 Å². The maximum Gasteiger partial charge on any atom is 0.420 e. The predicted molar refractivity (Wildman–Crippen MR) is 41.5 cm³/mol. The first-order valence-electron chi connectivity index (χ1n) is 3.76. The molecule has 0 amide bonds. The van der Waals surface area contributed by atoms with Gasteiger partial charge in [-0.3, -0.25) is 0 Å². The lowest BCUT2D eigenvalue weighted by Gasteiger charge is -2.13. The molecule has 15 heavy (non-hydrogen) atoms. The zero-order valence-electron chi connectivity index (χ0n) is 7.63. The van der Waals surface area contributed by atoms with Crippen molar-refractivity contribution in [3.05, 3.63) is 0 Å². The first-order valence-corrected chi connectivity index (χ1v) is 3.76. The Bertz CT molecular complexity index is 265. The van der Waals surface area contributed by atoms with E-state index in [1.54, 1.807) is 0 Å². The van der Waals surface area contributed by atoms with Crippen molar-refractivity contribution >= 4 is 23.9 Å². The molecule has 84 valence electrons. The molecule has 0 aromatic carbocycles. The Morgan fingerprint density at radius 3 is 1.53 bits per heavy atom. The molecule has 0 heterocycles. The zero-order valence-corrected chi connectivity index (χ0v) is 7.63. The third-order valence-electron chi connectivity index (χ3n) is 1.16. The Labute approximate surface area is 83.4 Å². The van der Waals surface area contributed by atoms with E-state index < -0.39 is 30.2 Å². The second kappa shape index (κ2) is 5.58. The molecular formula is C7H8O8. The van der Waals surface area contributed by atoms with Crippen LogP contribution in [-0.2, 0) is 28.7 Å². The van der Waals surface area contributed by atoms with Crippen LogP contribution in [0.1, 0.15) is 13.3 Å². The highest BCUT2D eigenvalue weighted by Gasteiger charge is 2.24. The van der Waals surface area contributed by atoms with Gasteiger partial charge in [-0.2, -0.15) is 0 Å². The minimum atomic E-state index is -1.86. The van der Waals surface area contributed by atoms with Crippen molar-refractivity contribution in [3.8, 4) is 0 Å². The van der Waals surface area contributed by atoms with Gasteiger partial charge in [-0.15, -0.1) is 0 Å². The molecule has 0 aliphatic rings. The normalized spacial score (nSPS) is 9.47. The van der Waals surface area contributed by atoms with E-state index in [2.05, 4.69) is 9.47 Å². The number of rotatable bonds is 3. The molecular weight excluding hydrogens is 212 g/mol. The van der Waals surface area contributed by atoms with Gasteiger partial charge in [0.1, 0.15) is 0 Å². The minimum absolute atomic E-state index is 0.0575. The number of carbonyl (C=O) groups excluding carboxylic acids is 2. The fraction of sp³-hybridized carbons (Fsp3) is 0.429. The number of hydrogen-bond donors (Lipinski definition) is 2. The predicted octanol–water partition coefficient (Wildman–Crippen LogP) is -1.02. The van der Waals surface area contributed by atoms with E-state index in [1.807, 2.05) is 0 Å². The Balaban J connectivity index is 4.27. The van der Waals surface area contributed by atoms with Gasteiger partial charge in [0, 0.05) is 6.42 Å². The maximum atomic E-state index is 10.5. The van der Waals surface area contributed by atoms with Gasteiger partial charge in [0.25, 0.3) is 0 Å². The molecule has 0 fully saturated rings. The van der Waals surface area contributed by atoms with Gasteiger partial charge in [0.2, 0.25) is 6.29 Å². The molecule has 0 aromatic rings. The van der Waals surface area contributed by atoms with Crippen molar-refractivity contribution in [2.45, 2.75) is 19.6 Å². The van der Waals surface area contributed by atoms with Crippen LogP contribution in [0.3, 0.4) is 0 Å². The Hall–Kier alpha value is -2.12. The number of carbonyl (C=O) groups is 4. The minimum Gasteiger partial charge on any atom is -0.473 e. The van der Waals surface area contributed by atoms with Crippen LogP contribution >= 0.6 is 0 Å². The number of hydrogen-bond acceptors (Lipinski definition) is 6. The summed E-state index contributed by atoms with van der Waals surface area (Å²) in [5.41, 5.74) is 0. The highest BCUT2D eigenvalue weighted by molar-refractivity contribution is 6.29. The van der Waals surface area contributed by atoms with E-state index in [0.717, 1.165) is 0 Å². The van der Waals surface area contributed by atoms with Gasteiger partial charge >= 0.3 is 23.9 Å². The summed E-state index contributed by atoms with van der Waals surface area (Å²) in [6.45, 7) is 1.41. The first kappa shape index (κ1) is 12.9. The van der Waals surface area contributed by atoms with Crippen molar-refractivity contribution in [3.63, 3.8) is 0 Å². The summed E-state index contributed by atoms with van der Waals surface area (Å²) < 4.78 is 8.27. The number of carboxylic acid groups (broad SMARTS) is 2. The molecule has 0 saturated carbocycles. The fourth-order valence-electron chi connectivity index (χ4n) is 0.530. The van der Waals surface area contributed by atoms with Crippen LogP contribution in [0, 0.1) is 0 Å². The summed E-state index contributed by atoms with van der Waals surface area (Å²) in [4.78, 5) is 41.1. The van der Waals surface area contributed by atoms with E-state index in [4.69, 9.17) is 10.2 Å². The van der Waals surface area contributed by atoms with Gasteiger partial charge in [-0.25, -0.2) is 19.2 Å². The average Bonchev–Trinajstić information content (AvgIpc) is 2.15. The second-order valence-corrected chi connectivity index (χ2v) is 2.26. The van der Waals surface area contributed by atoms with Gasteiger partial charge in [-0.05, 0) is 0 Å². The second-order valence-electron chi connectivity index (χ2n) is 2.26. The third kappa shape index (κ3) is 4.60. The molecule has 8 heteroatoms. The molecule has 0 aliphatic carbocycles. The van der Waals surface area contributed by atoms with Crippen molar-refractivity contribution in [2.24, 2.45) is 0 Å². The van der Waals surface area contributed by atoms with Gasteiger partial charge < -0.3 is 19.7 Å². The first-order chi connectivity index (χ1) is 6.88. The molecule has 0 radical (unpaired) electrons. The van der Waals surface area contributed by atoms with E-state index in [0.29, 0.717) is 0 Å². The number of aliphatic carboxylic acids is 2.